The summed E-state index contributed by atoms with van der Waals surface area (Å²) < 4.78 is 4.97. The van der Waals surface area contributed by atoms with Gasteiger partial charge in [-0.3, -0.25) is 0 Å². The predicted octanol–water partition coefficient (Wildman–Crippen LogP) is 2.32. The Morgan fingerprint density at radius 1 is 1.19 bits per heavy atom. The molecule has 0 heterocycles. The van der Waals surface area contributed by atoms with Crippen LogP contribution in [0, 0.1) is 0 Å². The second-order valence-corrected chi connectivity index (χ2v) is 6.49. The first-order chi connectivity index (χ1) is 12.9. The molecule has 0 radical (unpaired) electrons. The van der Waals surface area contributed by atoms with Crippen LogP contribution in [0.2, 0.25) is 0 Å². The second kappa shape index (κ2) is 10.1. The minimum absolute atomic E-state index is 0.0149. The molecule has 0 spiro atoms. The Balaban J connectivity index is 1.86. The number of benzene rings is 2. The van der Waals surface area contributed by atoms with E-state index in [9.17, 15) is 20.1 Å². The van der Waals surface area contributed by atoms with Crippen molar-refractivity contribution in [1.29, 1.82) is 0 Å². The Bertz CT molecular complexity index is 745. The Morgan fingerprint density at radius 3 is 2.52 bits per heavy atom. The Labute approximate surface area is 159 Å². The Hall–Kier alpha value is -2.41. The molecule has 2 atom stereocenters. The first-order valence-corrected chi connectivity index (χ1v) is 9.04. The molecule has 0 aliphatic heterocycles. The molecule has 0 saturated carbocycles. The predicted molar refractivity (Wildman–Crippen MR) is 103 cm³/mol. The van der Waals surface area contributed by atoms with Gasteiger partial charge in [0.25, 0.3) is 0 Å². The van der Waals surface area contributed by atoms with Gasteiger partial charge in [0.15, 0.2) is 0 Å². The van der Waals surface area contributed by atoms with Gasteiger partial charge in [0, 0.05) is 18.2 Å². The summed E-state index contributed by atoms with van der Waals surface area (Å²) in [5.74, 6) is -0.310. The van der Waals surface area contributed by atoms with Crippen LogP contribution < -0.4 is 5.32 Å². The molecule has 6 nitrogen and oxygen atoms in total. The van der Waals surface area contributed by atoms with E-state index in [0.717, 1.165) is 12.0 Å². The molecular weight excluding hydrogens is 346 g/mol. The third kappa shape index (κ3) is 6.06. The lowest BCUT2D eigenvalue weighted by atomic mass is 10.0. The van der Waals surface area contributed by atoms with Crippen LogP contribution in [0.4, 0.5) is 0 Å². The number of aliphatic hydroxyl groups is 2. The molecule has 0 fully saturated rings. The fraction of sp³-hybridized carbons (Fsp3) is 0.381. The smallest absolute Gasteiger partial charge is 0.338 e. The Kier molecular flexibility index (Phi) is 7.79. The number of nitrogens with one attached hydrogen (secondary N) is 1. The number of carbonyl (C=O) groups is 1. The zero-order chi connectivity index (χ0) is 19.8. The molecule has 4 N–H and O–H groups in total. The number of hydrogen-bond donors (Lipinski definition) is 4. The number of aliphatic hydroxyl groups excluding tert-OH is 2. The van der Waals surface area contributed by atoms with E-state index >= 15 is 0 Å². The number of ether oxygens (including phenoxy) is 1. The lowest BCUT2D eigenvalue weighted by molar-refractivity contribution is 0.0526. The first kappa shape index (κ1) is 20.9. The summed E-state index contributed by atoms with van der Waals surface area (Å²) in [7, 11) is 0. The summed E-state index contributed by atoms with van der Waals surface area (Å²) in [5.41, 5.74) is 2.63. The number of hydrogen-bond acceptors (Lipinski definition) is 6. The third-order valence-electron chi connectivity index (χ3n) is 4.33. The number of carbonyl (C=O) groups excluding carboxylic acids is 1. The van der Waals surface area contributed by atoms with Gasteiger partial charge in [-0.25, -0.2) is 4.79 Å². The van der Waals surface area contributed by atoms with Crippen molar-refractivity contribution in [1.82, 2.24) is 5.32 Å². The van der Waals surface area contributed by atoms with Gasteiger partial charge in [0.1, 0.15) is 5.75 Å². The maximum absolute atomic E-state index is 11.7. The molecule has 0 saturated heterocycles. The highest BCUT2D eigenvalue weighted by atomic mass is 16.5. The van der Waals surface area contributed by atoms with Gasteiger partial charge >= 0.3 is 5.97 Å². The van der Waals surface area contributed by atoms with Crippen LogP contribution >= 0.6 is 0 Å². The quantitative estimate of drug-likeness (QED) is 0.504. The van der Waals surface area contributed by atoms with E-state index in [-0.39, 0.29) is 24.4 Å². The maximum Gasteiger partial charge on any atom is 0.338 e. The van der Waals surface area contributed by atoms with Gasteiger partial charge in [-0.05, 0) is 55.7 Å². The third-order valence-corrected chi connectivity index (χ3v) is 4.33. The van der Waals surface area contributed by atoms with E-state index in [4.69, 9.17) is 4.74 Å². The summed E-state index contributed by atoms with van der Waals surface area (Å²) >= 11 is 0. The summed E-state index contributed by atoms with van der Waals surface area (Å²) in [5, 5.41) is 32.4. The standard InChI is InChI=1S/C21H27NO5/c1-3-27-21(26)16-6-4-15(5-7-16)10-14(2)22-12-20(25)17-8-9-19(24)18(11-17)13-23/h4-9,11,14,20,22-25H,3,10,12-13H2,1-2H3. The van der Waals surface area contributed by atoms with Crippen molar-refractivity contribution in [2.24, 2.45) is 0 Å². The van der Waals surface area contributed by atoms with Crippen molar-refractivity contribution in [3.63, 3.8) is 0 Å². The van der Waals surface area contributed by atoms with Crippen molar-refractivity contribution < 1.29 is 24.9 Å². The highest BCUT2D eigenvalue weighted by Gasteiger charge is 2.12. The second-order valence-electron chi connectivity index (χ2n) is 6.49. The van der Waals surface area contributed by atoms with Crippen LogP contribution in [-0.4, -0.2) is 40.5 Å². The van der Waals surface area contributed by atoms with Gasteiger partial charge in [-0.1, -0.05) is 18.2 Å². The van der Waals surface area contributed by atoms with Gasteiger partial charge in [-0.2, -0.15) is 0 Å². The minimum Gasteiger partial charge on any atom is -0.508 e. The number of phenols is 1. The highest BCUT2D eigenvalue weighted by molar-refractivity contribution is 5.89. The van der Waals surface area contributed by atoms with Gasteiger partial charge in [0.05, 0.1) is 24.9 Å². The normalized spacial score (nSPS) is 13.2. The molecule has 0 aliphatic carbocycles. The summed E-state index contributed by atoms with van der Waals surface area (Å²) in [4.78, 5) is 11.7. The molecular formula is C21H27NO5. The number of rotatable bonds is 9. The van der Waals surface area contributed by atoms with Crippen LogP contribution in [0.3, 0.4) is 0 Å². The van der Waals surface area contributed by atoms with E-state index in [2.05, 4.69) is 5.32 Å². The zero-order valence-corrected chi connectivity index (χ0v) is 15.7. The van der Waals surface area contributed by atoms with Crippen LogP contribution in [-0.2, 0) is 17.8 Å². The molecule has 0 aromatic heterocycles. The zero-order valence-electron chi connectivity index (χ0n) is 15.7. The fourth-order valence-electron chi connectivity index (χ4n) is 2.79. The topological polar surface area (TPSA) is 99.0 Å². The molecule has 2 unspecified atom stereocenters. The van der Waals surface area contributed by atoms with Crippen LogP contribution in [0.5, 0.6) is 5.75 Å². The molecule has 2 aromatic carbocycles. The van der Waals surface area contributed by atoms with E-state index in [1.54, 1.807) is 31.2 Å². The molecule has 6 heteroatoms. The SMILES string of the molecule is CCOC(=O)c1ccc(CC(C)NCC(O)c2ccc(O)c(CO)c2)cc1. The summed E-state index contributed by atoms with van der Waals surface area (Å²) in [6, 6.07) is 12.1. The fourth-order valence-corrected chi connectivity index (χ4v) is 2.79. The molecule has 27 heavy (non-hydrogen) atoms. The minimum atomic E-state index is -0.746. The van der Waals surface area contributed by atoms with Crippen molar-refractivity contribution >= 4 is 5.97 Å². The van der Waals surface area contributed by atoms with Crippen LogP contribution in [0.25, 0.3) is 0 Å². The van der Waals surface area contributed by atoms with E-state index in [1.807, 2.05) is 19.1 Å². The largest absolute Gasteiger partial charge is 0.508 e. The van der Waals surface area contributed by atoms with Crippen molar-refractivity contribution in [2.45, 2.75) is 39.0 Å². The summed E-state index contributed by atoms with van der Waals surface area (Å²) in [6.45, 7) is 4.21. The molecule has 0 amide bonds. The van der Waals surface area contributed by atoms with E-state index < -0.39 is 6.10 Å². The summed E-state index contributed by atoms with van der Waals surface area (Å²) in [6.07, 6.45) is -0.00245. The molecule has 0 bridgehead atoms. The van der Waals surface area contributed by atoms with E-state index in [0.29, 0.717) is 29.8 Å². The van der Waals surface area contributed by atoms with Gasteiger partial charge < -0.3 is 25.4 Å². The lowest BCUT2D eigenvalue weighted by Crippen LogP contribution is -2.32. The first-order valence-electron chi connectivity index (χ1n) is 9.04. The van der Waals surface area contributed by atoms with Crippen molar-refractivity contribution in [3.8, 4) is 5.75 Å². The molecule has 2 aromatic rings. The van der Waals surface area contributed by atoms with Crippen molar-refractivity contribution in [3.05, 3.63) is 64.7 Å². The number of esters is 1. The lowest BCUT2D eigenvalue weighted by Gasteiger charge is -2.18. The highest BCUT2D eigenvalue weighted by Crippen LogP contribution is 2.22. The van der Waals surface area contributed by atoms with Gasteiger partial charge in [-0.15, -0.1) is 0 Å². The maximum atomic E-state index is 11.7. The van der Waals surface area contributed by atoms with Gasteiger partial charge in [0.2, 0.25) is 0 Å². The Morgan fingerprint density at radius 2 is 1.89 bits per heavy atom. The number of aromatic hydroxyl groups is 1. The van der Waals surface area contributed by atoms with Crippen LogP contribution in [0.1, 0.15) is 47.0 Å². The van der Waals surface area contributed by atoms with E-state index in [1.165, 1.54) is 6.07 Å². The molecule has 146 valence electrons. The van der Waals surface area contributed by atoms with Crippen molar-refractivity contribution in [2.75, 3.05) is 13.2 Å². The molecule has 0 aliphatic rings. The average Bonchev–Trinajstić information content (AvgIpc) is 2.67. The monoisotopic (exact) mass is 373 g/mol. The van der Waals surface area contributed by atoms with Crippen LogP contribution in [0.15, 0.2) is 42.5 Å². The average molecular weight is 373 g/mol. The molecule has 2 rings (SSSR count).